The van der Waals surface area contributed by atoms with E-state index in [2.05, 4.69) is 20.4 Å². The van der Waals surface area contributed by atoms with Crippen LogP contribution in [0.5, 0.6) is 0 Å². The molecule has 3 aromatic rings. The Labute approximate surface area is 129 Å². The van der Waals surface area contributed by atoms with Crippen LogP contribution in [0.25, 0.3) is 5.65 Å². The molecule has 1 amide bonds. The van der Waals surface area contributed by atoms with Gasteiger partial charge in [0.1, 0.15) is 11.4 Å². The van der Waals surface area contributed by atoms with Gasteiger partial charge in [0, 0.05) is 23.7 Å². The Morgan fingerprint density at radius 2 is 2.36 bits per heavy atom. The van der Waals surface area contributed by atoms with Gasteiger partial charge >= 0.3 is 0 Å². The fourth-order valence-electron chi connectivity index (χ4n) is 2.08. The first-order valence-electron chi connectivity index (χ1n) is 6.56. The molecule has 3 rings (SSSR count). The third-order valence-corrected chi connectivity index (χ3v) is 3.96. The number of nitrogens with zero attached hydrogens (tertiary/aromatic N) is 4. The first-order chi connectivity index (χ1) is 10.7. The molecule has 0 aliphatic carbocycles. The molecular weight excluding hydrogens is 304 g/mol. The van der Waals surface area contributed by atoms with E-state index in [1.54, 1.807) is 17.8 Å². The van der Waals surface area contributed by atoms with E-state index in [1.165, 1.54) is 28.2 Å². The van der Waals surface area contributed by atoms with E-state index in [9.17, 15) is 9.90 Å². The minimum atomic E-state index is -0.399. The molecule has 8 nitrogen and oxygen atoms in total. The molecule has 3 aromatic heterocycles. The van der Waals surface area contributed by atoms with Crippen molar-refractivity contribution in [1.82, 2.24) is 24.9 Å². The lowest BCUT2D eigenvalue weighted by atomic mass is 10.2. The number of nitrogen functional groups attached to an aromatic ring is 1. The molecule has 0 fully saturated rings. The van der Waals surface area contributed by atoms with Crippen LogP contribution in [-0.4, -0.2) is 43.2 Å². The highest BCUT2D eigenvalue weighted by Gasteiger charge is 2.19. The lowest BCUT2D eigenvalue weighted by Gasteiger charge is -2.14. The highest BCUT2D eigenvalue weighted by Crippen LogP contribution is 2.13. The topological polar surface area (TPSA) is 118 Å². The minimum Gasteiger partial charge on any atom is -0.394 e. The van der Waals surface area contributed by atoms with Gasteiger partial charge in [-0.3, -0.25) is 9.78 Å². The first kappa shape index (κ1) is 14.4. The number of aliphatic hydroxyl groups is 1. The van der Waals surface area contributed by atoms with Crippen LogP contribution in [0, 0.1) is 0 Å². The molecule has 114 valence electrons. The molecule has 22 heavy (non-hydrogen) atoms. The summed E-state index contributed by atoms with van der Waals surface area (Å²) in [6.45, 7) is -0.168. The van der Waals surface area contributed by atoms with Gasteiger partial charge in [0.15, 0.2) is 5.65 Å². The summed E-state index contributed by atoms with van der Waals surface area (Å²) in [6, 6.07) is 1.20. The maximum absolute atomic E-state index is 12.4. The third-order valence-electron chi connectivity index (χ3n) is 3.16. The quantitative estimate of drug-likeness (QED) is 0.614. The van der Waals surface area contributed by atoms with Crippen molar-refractivity contribution in [2.45, 2.75) is 12.5 Å². The summed E-state index contributed by atoms with van der Waals surface area (Å²) in [5.41, 5.74) is 8.18. The Hall–Kier alpha value is -2.52. The van der Waals surface area contributed by atoms with E-state index in [-0.39, 0.29) is 12.5 Å². The van der Waals surface area contributed by atoms with Gasteiger partial charge in [-0.1, -0.05) is 0 Å². The molecule has 0 saturated heterocycles. The van der Waals surface area contributed by atoms with Crippen LogP contribution in [0.3, 0.4) is 0 Å². The predicted octanol–water partition coefficient (Wildman–Crippen LogP) is 0.101. The zero-order chi connectivity index (χ0) is 15.5. The number of thiazole rings is 1. The summed E-state index contributed by atoms with van der Waals surface area (Å²) in [5.74, 6) is 0.0454. The molecule has 3 heterocycles. The minimum absolute atomic E-state index is 0.168. The summed E-state index contributed by atoms with van der Waals surface area (Å²) in [5, 5.41) is 16.3. The van der Waals surface area contributed by atoms with Gasteiger partial charge in [0.25, 0.3) is 5.91 Å². The zero-order valence-electron chi connectivity index (χ0n) is 11.5. The van der Waals surface area contributed by atoms with Crippen molar-refractivity contribution in [3.8, 4) is 0 Å². The maximum Gasteiger partial charge on any atom is 0.257 e. The SMILES string of the molecule is Nc1ccnc2c(C(=O)NC(CO)Cc3cncs3)cnn12. The largest absolute Gasteiger partial charge is 0.394 e. The molecule has 4 N–H and O–H groups in total. The average Bonchev–Trinajstić information content (AvgIpc) is 3.16. The zero-order valence-corrected chi connectivity index (χ0v) is 12.3. The molecule has 0 bridgehead atoms. The molecule has 1 unspecified atom stereocenters. The van der Waals surface area contributed by atoms with Gasteiger partial charge in [-0.15, -0.1) is 11.3 Å². The Morgan fingerprint density at radius 3 is 3.09 bits per heavy atom. The van der Waals surface area contributed by atoms with Crippen LogP contribution in [0.4, 0.5) is 5.82 Å². The molecule has 0 saturated carbocycles. The molecule has 0 aliphatic rings. The number of aromatic nitrogens is 4. The van der Waals surface area contributed by atoms with Crippen molar-refractivity contribution >= 4 is 28.7 Å². The molecule has 0 radical (unpaired) electrons. The second kappa shape index (κ2) is 6.08. The standard InChI is InChI=1S/C13H14N6O2S/c14-11-1-2-16-12-10(5-17-19(11)12)13(21)18-8(6-20)3-9-4-15-7-22-9/h1-2,4-5,7-8,20H,3,6,14H2,(H,18,21). The van der Waals surface area contributed by atoms with Crippen LogP contribution < -0.4 is 11.1 Å². The smallest absolute Gasteiger partial charge is 0.257 e. The highest BCUT2D eigenvalue weighted by atomic mass is 32.1. The van der Waals surface area contributed by atoms with Gasteiger partial charge in [-0.25, -0.2) is 4.98 Å². The molecule has 0 aliphatic heterocycles. The number of carbonyl (C=O) groups is 1. The van der Waals surface area contributed by atoms with Crippen molar-refractivity contribution in [3.05, 3.63) is 40.6 Å². The molecule has 1 atom stereocenters. The predicted molar refractivity (Wildman–Crippen MR) is 81.6 cm³/mol. The van der Waals surface area contributed by atoms with E-state index in [1.807, 2.05) is 0 Å². The van der Waals surface area contributed by atoms with Crippen molar-refractivity contribution in [1.29, 1.82) is 0 Å². The summed E-state index contributed by atoms with van der Waals surface area (Å²) < 4.78 is 1.39. The molecular formula is C13H14N6O2S. The van der Waals surface area contributed by atoms with E-state index in [4.69, 9.17) is 5.73 Å². The van der Waals surface area contributed by atoms with E-state index in [0.29, 0.717) is 23.4 Å². The lowest BCUT2D eigenvalue weighted by Crippen LogP contribution is -2.38. The number of nitrogens with one attached hydrogen (secondary N) is 1. The summed E-state index contributed by atoms with van der Waals surface area (Å²) >= 11 is 1.48. The number of rotatable bonds is 5. The second-order valence-corrected chi connectivity index (χ2v) is 5.66. The number of anilines is 1. The first-order valence-corrected chi connectivity index (χ1v) is 7.44. The van der Waals surface area contributed by atoms with Crippen LogP contribution >= 0.6 is 11.3 Å². The fourth-order valence-corrected chi connectivity index (χ4v) is 2.76. The summed E-state index contributed by atoms with van der Waals surface area (Å²) in [6.07, 6.45) is 5.16. The van der Waals surface area contributed by atoms with Crippen LogP contribution in [0.1, 0.15) is 15.2 Å². The van der Waals surface area contributed by atoms with E-state index >= 15 is 0 Å². The van der Waals surface area contributed by atoms with Crippen molar-refractivity contribution in [2.24, 2.45) is 0 Å². The maximum atomic E-state index is 12.4. The van der Waals surface area contributed by atoms with Gasteiger partial charge < -0.3 is 16.2 Å². The highest BCUT2D eigenvalue weighted by molar-refractivity contribution is 7.09. The second-order valence-electron chi connectivity index (χ2n) is 4.69. The molecule has 0 aromatic carbocycles. The number of hydrogen-bond donors (Lipinski definition) is 3. The summed E-state index contributed by atoms with van der Waals surface area (Å²) in [7, 11) is 0. The Balaban J connectivity index is 1.79. The van der Waals surface area contributed by atoms with Crippen molar-refractivity contribution < 1.29 is 9.90 Å². The normalized spacial score (nSPS) is 12.4. The number of amides is 1. The van der Waals surface area contributed by atoms with Crippen molar-refractivity contribution in [2.75, 3.05) is 12.3 Å². The number of carbonyl (C=O) groups excluding carboxylic acids is 1. The number of hydrogen-bond acceptors (Lipinski definition) is 7. The van der Waals surface area contributed by atoms with Gasteiger partial charge in [0.2, 0.25) is 0 Å². The lowest BCUT2D eigenvalue weighted by molar-refractivity contribution is 0.0918. The number of fused-ring (bicyclic) bond motifs is 1. The van der Waals surface area contributed by atoms with Gasteiger partial charge in [0.05, 0.1) is 24.4 Å². The molecule has 0 spiro atoms. The van der Waals surface area contributed by atoms with Crippen molar-refractivity contribution in [3.63, 3.8) is 0 Å². The fraction of sp³-hybridized carbons (Fsp3) is 0.231. The summed E-state index contributed by atoms with van der Waals surface area (Å²) in [4.78, 5) is 21.4. The Morgan fingerprint density at radius 1 is 1.50 bits per heavy atom. The Kier molecular flexibility index (Phi) is 3.98. The van der Waals surface area contributed by atoms with Gasteiger partial charge in [-0.05, 0) is 6.07 Å². The molecule has 9 heteroatoms. The third kappa shape index (κ3) is 2.76. The van der Waals surface area contributed by atoms with Gasteiger partial charge in [-0.2, -0.15) is 9.61 Å². The monoisotopic (exact) mass is 318 g/mol. The van der Waals surface area contributed by atoms with Crippen LogP contribution in [0.15, 0.2) is 30.2 Å². The average molecular weight is 318 g/mol. The van der Waals surface area contributed by atoms with Crippen LogP contribution in [-0.2, 0) is 6.42 Å². The number of aliphatic hydroxyl groups excluding tert-OH is 1. The number of nitrogens with two attached hydrogens (primary N) is 1. The Bertz CT molecular complexity index is 785. The van der Waals surface area contributed by atoms with E-state index in [0.717, 1.165) is 4.88 Å². The van der Waals surface area contributed by atoms with E-state index < -0.39 is 6.04 Å². The van der Waals surface area contributed by atoms with Crippen LogP contribution in [0.2, 0.25) is 0 Å².